The average molecular weight is 610 g/mol. The van der Waals surface area contributed by atoms with E-state index < -0.39 is 72.3 Å². The number of alkyl halides is 16. The Morgan fingerprint density at radius 2 is 0.568 bits per heavy atom. The Bertz CT molecular complexity index is 820. The van der Waals surface area contributed by atoms with Crippen molar-refractivity contribution >= 4 is 0 Å². The second kappa shape index (κ2) is 9.85. The van der Waals surface area contributed by atoms with Gasteiger partial charge in [0, 0.05) is 0 Å². The molecule has 0 fully saturated rings. The van der Waals surface area contributed by atoms with E-state index in [1.54, 1.807) is 4.74 Å². The first kappa shape index (κ1) is 34.8. The van der Waals surface area contributed by atoms with Crippen molar-refractivity contribution in [2.24, 2.45) is 0 Å². The molecule has 0 aliphatic heterocycles. The molecule has 0 aromatic rings. The molecule has 0 radical (unpaired) electrons. The Morgan fingerprint density at radius 3 is 0.730 bits per heavy atom. The lowest BCUT2D eigenvalue weighted by Gasteiger charge is -2.37. The van der Waals surface area contributed by atoms with E-state index >= 15 is 0 Å². The largest absolute Gasteiger partial charge is 0.462 e. The van der Waals surface area contributed by atoms with Crippen molar-refractivity contribution in [1.82, 2.24) is 0 Å². The fourth-order valence-electron chi connectivity index (χ4n) is 1.40. The van der Waals surface area contributed by atoms with E-state index in [1.165, 1.54) is 9.47 Å². The molecule has 2 atom stereocenters. The lowest BCUT2D eigenvalue weighted by atomic mass is 10.3. The Morgan fingerprint density at radius 1 is 0.351 bits per heavy atom. The molecule has 0 saturated carbocycles. The van der Waals surface area contributed by atoms with Crippen molar-refractivity contribution in [3.8, 4) is 0 Å². The van der Waals surface area contributed by atoms with Gasteiger partial charge >= 0.3 is 60.7 Å². The van der Waals surface area contributed by atoms with Gasteiger partial charge < -0.3 is 0 Å². The van der Waals surface area contributed by atoms with Crippen LogP contribution in [0.25, 0.3) is 0 Å². The molecule has 0 aromatic heterocycles. The zero-order valence-corrected chi connectivity index (χ0v) is 15.5. The van der Waals surface area contributed by atoms with Crippen molar-refractivity contribution in [2.45, 2.75) is 48.5 Å². The minimum absolute atomic E-state index is 1.52. The summed E-state index contributed by atoms with van der Waals surface area (Å²) in [5, 5.41) is 0. The summed E-state index contributed by atoms with van der Waals surface area (Å²) in [6.07, 6.45) is -40.6. The van der Waals surface area contributed by atoms with Gasteiger partial charge in [-0.05, 0) is 0 Å². The maximum atomic E-state index is 14.1. The van der Waals surface area contributed by atoms with Gasteiger partial charge in [0.1, 0.15) is 0 Å². The molecule has 0 N–H and O–H groups in total. The minimum Gasteiger partial charge on any atom is -0.250 e. The number of hydrogen-bond acceptors (Lipinski definition) is 3. The molecule has 3 nitrogen and oxygen atoms in total. The first-order valence-electron chi connectivity index (χ1n) is 7.38. The van der Waals surface area contributed by atoms with Gasteiger partial charge in [-0.2, -0.15) is 96.6 Å². The summed E-state index contributed by atoms with van der Waals surface area (Å²) in [5.41, 5.74) is 0. The summed E-state index contributed by atoms with van der Waals surface area (Å²) < 4.78 is 284. The Labute approximate surface area is 184 Å². The van der Waals surface area contributed by atoms with E-state index in [9.17, 15) is 96.6 Å². The van der Waals surface area contributed by atoms with Crippen LogP contribution in [0.3, 0.4) is 0 Å². The normalized spacial score (nSPS) is 17.7. The van der Waals surface area contributed by atoms with E-state index in [0.717, 1.165) is 0 Å². The molecule has 2 unspecified atom stereocenters. The van der Waals surface area contributed by atoms with E-state index in [-0.39, 0.29) is 0 Å². The van der Waals surface area contributed by atoms with Crippen LogP contribution in [0.5, 0.6) is 0 Å². The second-order valence-electron chi connectivity index (χ2n) is 5.71. The highest BCUT2D eigenvalue weighted by Crippen LogP contribution is 2.54. The molecule has 0 amide bonds. The van der Waals surface area contributed by atoms with Gasteiger partial charge in [0.15, 0.2) is 0 Å². The first-order valence-corrected chi connectivity index (χ1v) is 7.38. The lowest BCUT2D eigenvalue weighted by Crippen LogP contribution is -2.60. The Kier molecular flexibility index (Phi) is 9.27. The first-order chi connectivity index (χ1) is 15.8. The number of rotatable bonds is 10. The van der Waals surface area contributed by atoms with E-state index in [0.29, 0.717) is 0 Å². The fraction of sp³-hybridized carbons (Fsp3) is 0.667. The van der Waals surface area contributed by atoms with Gasteiger partial charge in [0.2, 0.25) is 0 Å². The van der Waals surface area contributed by atoms with Gasteiger partial charge in [0.25, 0.3) is 11.7 Å². The van der Waals surface area contributed by atoms with Crippen LogP contribution in [0, 0.1) is 0 Å². The molecule has 0 aliphatic carbocycles. The highest BCUT2D eigenvalue weighted by atomic mass is 19.4. The van der Waals surface area contributed by atoms with Crippen LogP contribution in [-0.2, 0) is 14.2 Å². The predicted octanol–water partition coefficient (Wildman–Crippen LogP) is 8.02. The number of hydrogen-bond donors (Lipinski definition) is 0. The van der Waals surface area contributed by atoms with Crippen molar-refractivity contribution in [1.29, 1.82) is 0 Å². The summed E-state index contributed by atoms with van der Waals surface area (Å²) in [7, 11) is 0. The Hall–Kier alpha value is -2.18. The van der Waals surface area contributed by atoms with Crippen LogP contribution in [0.4, 0.5) is 96.6 Å². The topological polar surface area (TPSA) is 27.7 Å². The summed E-state index contributed by atoms with van der Waals surface area (Å²) in [6, 6.07) is -14.9. The van der Waals surface area contributed by atoms with Crippen LogP contribution < -0.4 is 0 Å². The summed E-state index contributed by atoms with van der Waals surface area (Å²) in [6.45, 7) is 0. The molecular weight excluding hydrogens is 610 g/mol. The maximum absolute atomic E-state index is 14.1. The Balaban J connectivity index is 7.14. The van der Waals surface area contributed by atoms with Gasteiger partial charge in [-0.1, -0.05) is 0 Å². The zero-order valence-electron chi connectivity index (χ0n) is 15.5. The third-order valence-electron chi connectivity index (χ3n) is 3.08. The van der Waals surface area contributed by atoms with Gasteiger partial charge in [0.05, 0.1) is 0 Å². The molecule has 220 valence electrons. The van der Waals surface area contributed by atoms with Crippen molar-refractivity contribution in [2.75, 3.05) is 0 Å². The predicted molar refractivity (Wildman–Crippen MR) is 63.5 cm³/mol. The number of ether oxygens (including phenoxy) is 3. The SMILES string of the molecule is FC(F)=C(F)C(F)(OC(F)(OC(F)(F)C(F)(F)C(F)(F)F)C(F)=C(F)F)OC(F)(F)C(F)(F)C(F)(F)F. The molecular formula is C12F22O3. The molecule has 25 heteroatoms. The van der Waals surface area contributed by atoms with Crippen molar-refractivity contribution < 1.29 is 111 Å². The van der Waals surface area contributed by atoms with Crippen LogP contribution in [0.1, 0.15) is 0 Å². The van der Waals surface area contributed by atoms with Crippen LogP contribution in [0.2, 0.25) is 0 Å². The standard InChI is InChI=1S/C12F22O3/c13-1(3(15)16)5(19,36-11(31,32)7(21,22)9(25,26)27)35-6(20,2(14)4(17)18)37-12(33,34)8(23,24)10(28,29)30. The van der Waals surface area contributed by atoms with E-state index in [2.05, 4.69) is 0 Å². The smallest absolute Gasteiger partial charge is 0.250 e. The molecule has 37 heavy (non-hydrogen) atoms. The quantitative estimate of drug-likeness (QED) is 0.185. The molecule has 0 rings (SSSR count). The summed E-state index contributed by atoms with van der Waals surface area (Å²) in [5.74, 6) is -25.7. The minimum atomic E-state index is -7.92. The molecule has 0 aromatic carbocycles. The second-order valence-corrected chi connectivity index (χ2v) is 5.71. The highest BCUT2D eigenvalue weighted by Gasteiger charge is 2.79. The lowest BCUT2D eigenvalue weighted by molar-refractivity contribution is -0.541. The molecule has 0 heterocycles. The zero-order chi connectivity index (χ0) is 30.4. The third kappa shape index (κ3) is 6.64. The number of halogens is 22. The van der Waals surface area contributed by atoms with Crippen molar-refractivity contribution in [3.05, 3.63) is 23.8 Å². The molecule has 0 saturated heterocycles. The van der Waals surface area contributed by atoms with Crippen LogP contribution >= 0.6 is 0 Å². The third-order valence-corrected chi connectivity index (χ3v) is 3.08. The van der Waals surface area contributed by atoms with Gasteiger partial charge in [-0.3, -0.25) is 4.74 Å². The molecule has 0 spiro atoms. The van der Waals surface area contributed by atoms with E-state index in [1.807, 2.05) is 0 Å². The van der Waals surface area contributed by atoms with Gasteiger partial charge in [-0.15, -0.1) is 0 Å². The van der Waals surface area contributed by atoms with Gasteiger partial charge in [-0.25, -0.2) is 9.47 Å². The highest BCUT2D eigenvalue weighted by molar-refractivity contribution is 5.07. The average Bonchev–Trinajstić information content (AvgIpc) is 2.63. The van der Waals surface area contributed by atoms with Crippen LogP contribution in [0.15, 0.2) is 23.8 Å². The van der Waals surface area contributed by atoms with Crippen molar-refractivity contribution in [3.63, 3.8) is 0 Å². The summed E-state index contributed by atoms with van der Waals surface area (Å²) >= 11 is 0. The monoisotopic (exact) mass is 610 g/mol. The van der Waals surface area contributed by atoms with E-state index in [4.69, 9.17) is 0 Å². The fourth-order valence-corrected chi connectivity index (χ4v) is 1.40. The van der Waals surface area contributed by atoms with Crippen LogP contribution in [-0.4, -0.2) is 48.5 Å². The summed E-state index contributed by atoms with van der Waals surface area (Å²) in [4.78, 5) is 0. The maximum Gasteiger partial charge on any atom is 0.462 e. The molecule has 0 aliphatic rings. The molecule has 0 bridgehead atoms.